The quantitative estimate of drug-likeness (QED) is 0.600. The third-order valence-electron chi connectivity index (χ3n) is 2.65. The van der Waals surface area contributed by atoms with Gasteiger partial charge in [-0.3, -0.25) is 4.79 Å². The van der Waals surface area contributed by atoms with Crippen molar-refractivity contribution in [2.24, 2.45) is 0 Å². The summed E-state index contributed by atoms with van der Waals surface area (Å²) in [5.41, 5.74) is 2.66. The molecule has 0 aliphatic heterocycles. The van der Waals surface area contributed by atoms with Crippen LogP contribution in [0.1, 0.15) is 21.5 Å². The van der Waals surface area contributed by atoms with Gasteiger partial charge in [0.1, 0.15) is 5.75 Å². The Bertz CT molecular complexity index is 557. The summed E-state index contributed by atoms with van der Waals surface area (Å²) in [6.45, 7) is 0. The van der Waals surface area contributed by atoms with Gasteiger partial charge in [0.05, 0.1) is 12.7 Å². The van der Waals surface area contributed by atoms with Crippen molar-refractivity contribution in [3.05, 3.63) is 65.2 Å². The van der Waals surface area contributed by atoms with Crippen molar-refractivity contribution in [3.63, 3.8) is 0 Å². The number of hydrogen-bond donors (Lipinski definition) is 0. The van der Waals surface area contributed by atoms with Gasteiger partial charge in [0.15, 0.2) is 6.29 Å². The monoisotopic (exact) mass is 238 g/mol. The number of carbonyl (C=O) groups excluding carboxylic acids is 1. The third kappa shape index (κ3) is 2.86. The zero-order valence-corrected chi connectivity index (χ0v) is 10.2. The molecule has 0 atom stereocenters. The van der Waals surface area contributed by atoms with Crippen LogP contribution in [0.15, 0.2) is 48.5 Å². The lowest BCUT2D eigenvalue weighted by Crippen LogP contribution is -1.90. The minimum absolute atomic E-state index is 0.563. The van der Waals surface area contributed by atoms with Crippen LogP contribution in [0.5, 0.6) is 5.75 Å². The summed E-state index contributed by atoms with van der Waals surface area (Å²) in [5, 5.41) is 0. The van der Waals surface area contributed by atoms with E-state index < -0.39 is 0 Å². The molecule has 0 aromatic heterocycles. The molecule has 0 N–H and O–H groups in total. The van der Waals surface area contributed by atoms with E-state index in [1.165, 1.54) is 0 Å². The standard InChI is InChI=1S/C16H14O2/c1-18-16-10-9-14(11-15(16)12-17)8-7-13-5-3-2-4-6-13/h2-12H,1H3/b8-7+. The molecule has 0 saturated carbocycles. The number of carbonyl (C=O) groups is 1. The highest BCUT2D eigenvalue weighted by atomic mass is 16.5. The van der Waals surface area contributed by atoms with E-state index in [1.807, 2.05) is 54.6 Å². The fourth-order valence-electron chi connectivity index (χ4n) is 1.71. The first-order chi connectivity index (χ1) is 8.83. The predicted molar refractivity (Wildman–Crippen MR) is 73.8 cm³/mol. The summed E-state index contributed by atoms with van der Waals surface area (Å²) < 4.78 is 5.10. The third-order valence-corrected chi connectivity index (χ3v) is 2.65. The van der Waals surface area contributed by atoms with Crippen molar-refractivity contribution in [2.75, 3.05) is 7.11 Å². The Labute approximate surface area is 107 Å². The van der Waals surface area contributed by atoms with Crippen LogP contribution in [-0.2, 0) is 0 Å². The summed E-state index contributed by atoms with van der Waals surface area (Å²) in [7, 11) is 1.56. The average Bonchev–Trinajstić information content (AvgIpc) is 2.45. The van der Waals surface area contributed by atoms with E-state index in [0.29, 0.717) is 11.3 Å². The van der Waals surface area contributed by atoms with Gasteiger partial charge in [-0.25, -0.2) is 0 Å². The number of benzene rings is 2. The second kappa shape index (κ2) is 5.82. The van der Waals surface area contributed by atoms with E-state index in [1.54, 1.807) is 13.2 Å². The summed E-state index contributed by atoms with van der Waals surface area (Å²) in [4.78, 5) is 10.9. The van der Waals surface area contributed by atoms with Crippen molar-refractivity contribution in [1.82, 2.24) is 0 Å². The lowest BCUT2D eigenvalue weighted by Gasteiger charge is -2.03. The zero-order valence-electron chi connectivity index (χ0n) is 10.2. The van der Waals surface area contributed by atoms with E-state index in [0.717, 1.165) is 17.4 Å². The van der Waals surface area contributed by atoms with E-state index in [2.05, 4.69) is 0 Å². The number of rotatable bonds is 4. The highest BCUT2D eigenvalue weighted by Gasteiger charge is 2.01. The molecule has 2 heteroatoms. The molecule has 0 fully saturated rings. The van der Waals surface area contributed by atoms with Gasteiger partial charge in [-0.15, -0.1) is 0 Å². The molecular formula is C16H14O2. The van der Waals surface area contributed by atoms with Crippen LogP contribution in [0.2, 0.25) is 0 Å². The lowest BCUT2D eigenvalue weighted by molar-refractivity contribution is 0.112. The predicted octanol–water partition coefficient (Wildman–Crippen LogP) is 3.68. The molecule has 2 aromatic rings. The summed E-state index contributed by atoms with van der Waals surface area (Å²) in [6.07, 6.45) is 4.79. The second-order valence-corrected chi connectivity index (χ2v) is 3.86. The number of hydrogen-bond acceptors (Lipinski definition) is 2. The topological polar surface area (TPSA) is 26.3 Å². The molecule has 90 valence electrons. The van der Waals surface area contributed by atoms with E-state index >= 15 is 0 Å². The van der Waals surface area contributed by atoms with Crippen LogP contribution in [0.4, 0.5) is 0 Å². The van der Waals surface area contributed by atoms with Crippen LogP contribution in [0.3, 0.4) is 0 Å². The highest BCUT2D eigenvalue weighted by molar-refractivity contribution is 5.82. The minimum Gasteiger partial charge on any atom is -0.496 e. The van der Waals surface area contributed by atoms with Gasteiger partial charge in [0.2, 0.25) is 0 Å². The van der Waals surface area contributed by atoms with Crippen molar-refractivity contribution in [1.29, 1.82) is 0 Å². The fourth-order valence-corrected chi connectivity index (χ4v) is 1.71. The molecule has 18 heavy (non-hydrogen) atoms. The fraction of sp³-hybridized carbons (Fsp3) is 0.0625. The van der Waals surface area contributed by atoms with Crippen molar-refractivity contribution >= 4 is 18.4 Å². The minimum atomic E-state index is 0.563. The molecule has 0 amide bonds. The van der Waals surface area contributed by atoms with Gasteiger partial charge in [-0.05, 0) is 23.3 Å². The van der Waals surface area contributed by atoms with Gasteiger partial charge >= 0.3 is 0 Å². The van der Waals surface area contributed by atoms with Crippen LogP contribution in [-0.4, -0.2) is 13.4 Å². The Hall–Kier alpha value is -2.35. The smallest absolute Gasteiger partial charge is 0.153 e. The maximum atomic E-state index is 10.9. The van der Waals surface area contributed by atoms with Gasteiger partial charge in [-0.2, -0.15) is 0 Å². The van der Waals surface area contributed by atoms with Crippen LogP contribution in [0, 0.1) is 0 Å². The molecular weight excluding hydrogens is 224 g/mol. The van der Waals surface area contributed by atoms with Gasteiger partial charge in [0.25, 0.3) is 0 Å². The first kappa shape index (κ1) is 12.1. The normalized spacial score (nSPS) is 10.5. The maximum Gasteiger partial charge on any atom is 0.153 e. The Morgan fingerprint density at radius 3 is 2.33 bits per heavy atom. The lowest BCUT2D eigenvalue weighted by atomic mass is 10.1. The van der Waals surface area contributed by atoms with E-state index in [4.69, 9.17) is 4.74 Å². The Balaban J connectivity index is 2.25. The van der Waals surface area contributed by atoms with Crippen LogP contribution in [0.25, 0.3) is 12.2 Å². The zero-order chi connectivity index (χ0) is 12.8. The first-order valence-corrected chi connectivity index (χ1v) is 5.70. The maximum absolute atomic E-state index is 10.9. The molecule has 0 bridgehead atoms. The van der Waals surface area contributed by atoms with Gasteiger partial charge in [-0.1, -0.05) is 48.6 Å². The molecule has 0 saturated heterocycles. The van der Waals surface area contributed by atoms with Crippen molar-refractivity contribution < 1.29 is 9.53 Å². The number of methoxy groups -OCH3 is 1. The summed E-state index contributed by atoms with van der Waals surface area (Å²) >= 11 is 0. The Morgan fingerprint density at radius 1 is 0.944 bits per heavy atom. The SMILES string of the molecule is COc1ccc(/C=C/c2ccccc2)cc1C=O. The van der Waals surface area contributed by atoms with E-state index in [-0.39, 0.29) is 0 Å². The number of ether oxygens (including phenoxy) is 1. The molecule has 0 heterocycles. The molecule has 0 aliphatic carbocycles. The van der Waals surface area contributed by atoms with E-state index in [9.17, 15) is 4.79 Å². The molecule has 2 aromatic carbocycles. The van der Waals surface area contributed by atoms with Crippen LogP contribution < -0.4 is 4.74 Å². The molecule has 0 aliphatic rings. The first-order valence-electron chi connectivity index (χ1n) is 5.70. The molecule has 0 unspecified atom stereocenters. The summed E-state index contributed by atoms with van der Waals surface area (Å²) in [5.74, 6) is 0.599. The molecule has 0 radical (unpaired) electrons. The molecule has 2 rings (SSSR count). The highest BCUT2D eigenvalue weighted by Crippen LogP contribution is 2.19. The Kier molecular flexibility index (Phi) is 3.92. The molecule has 0 spiro atoms. The average molecular weight is 238 g/mol. The second-order valence-electron chi connectivity index (χ2n) is 3.86. The largest absolute Gasteiger partial charge is 0.496 e. The molecule has 2 nitrogen and oxygen atoms in total. The van der Waals surface area contributed by atoms with Crippen molar-refractivity contribution in [3.8, 4) is 5.75 Å². The Morgan fingerprint density at radius 2 is 1.67 bits per heavy atom. The summed E-state index contributed by atoms with van der Waals surface area (Å²) in [6, 6.07) is 15.6. The number of aldehydes is 1. The van der Waals surface area contributed by atoms with Crippen molar-refractivity contribution in [2.45, 2.75) is 0 Å². The van der Waals surface area contributed by atoms with Crippen LogP contribution >= 0.6 is 0 Å². The van der Waals surface area contributed by atoms with Gasteiger partial charge in [0, 0.05) is 0 Å². The van der Waals surface area contributed by atoms with Gasteiger partial charge < -0.3 is 4.74 Å².